The molecule has 0 aliphatic carbocycles. The Morgan fingerprint density at radius 2 is 2.04 bits per heavy atom. The third-order valence-electron chi connectivity index (χ3n) is 4.22. The molecule has 0 unspecified atom stereocenters. The molecule has 126 valence electrons. The Bertz CT molecular complexity index is 807. The van der Waals surface area contributed by atoms with Crippen LogP contribution in [0.5, 0.6) is 5.75 Å². The molecule has 0 spiro atoms. The van der Waals surface area contributed by atoms with Crippen molar-refractivity contribution in [3.63, 3.8) is 0 Å². The van der Waals surface area contributed by atoms with E-state index in [1.807, 2.05) is 18.7 Å². The second-order valence-corrected chi connectivity index (χ2v) is 5.79. The molecule has 24 heavy (non-hydrogen) atoms. The number of ether oxygens (including phenoxy) is 1. The minimum absolute atomic E-state index is 0.0346. The summed E-state index contributed by atoms with van der Waals surface area (Å²) >= 11 is 0. The Kier molecular flexibility index (Phi) is 3.96. The van der Waals surface area contributed by atoms with E-state index in [4.69, 9.17) is 10.5 Å². The number of hydrogen-bond donors (Lipinski definition) is 1. The lowest BCUT2D eigenvalue weighted by Gasteiger charge is -2.34. The SMILES string of the molecule is COc1c(C)cnc(CN2CC(=O)N(C)c3cnc(N)nc32)c1C. The third kappa shape index (κ3) is 2.60. The summed E-state index contributed by atoms with van der Waals surface area (Å²) in [5, 5.41) is 0. The highest BCUT2D eigenvalue weighted by atomic mass is 16.5. The molecule has 0 atom stereocenters. The van der Waals surface area contributed by atoms with Gasteiger partial charge in [-0.15, -0.1) is 0 Å². The van der Waals surface area contributed by atoms with E-state index in [1.54, 1.807) is 31.5 Å². The van der Waals surface area contributed by atoms with Crippen molar-refractivity contribution >= 4 is 23.4 Å². The average Bonchev–Trinajstić information content (AvgIpc) is 2.55. The summed E-state index contributed by atoms with van der Waals surface area (Å²) in [6.45, 7) is 4.55. The zero-order valence-electron chi connectivity index (χ0n) is 14.2. The molecule has 1 aliphatic heterocycles. The second-order valence-electron chi connectivity index (χ2n) is 5.79. The summed E-state index contributed by atoms with van der Waals surface area (Å²) in [4.78, 5) is 28.5. The molecular formula is C16H20N6O2. The molecule has 3 rings (SSSR count). The normalized spacial score (nSPS) is 13.9. The molecule has 1 aliphatic rings. The molecule has 0 radical (unpaired) electrons. The number of aromatic nitrogens is 3. The monoisotopic (exact) mass is 328 g/mol. The van der Waals surface area contributed by atoms with Gasteiger partial charge >= 0.3 is 0 Å². The van der Waals surface area contributed by atoms with Crippen molar-refractivity contribution in [1.82, 2.24) is 15.0 Å². The van der Waals surface area contributed by atoms with E-state index < -0.39 is 0 Å². The molecule has 2 aromatic heterocycles. The molecule has 0 aromatic carbocycles. The fourth-order valence-corrected chi connectivity index (χ4v) is 2.87. The lowest BCUT2D eigenvalue weighted by Crippen LogP contribution is -2.44. The number of anilines is 3. The van der Waals surface area contributed by atoms with Crippen LogP contribution in [0.2, 0.25) is 0 Å². The number of aryl methyl sites for hydroxylation is 1. The van der Waals surface area contributed by atoms with E-state index in [0.29, 0.717) is 18.1 Å². The summed E-state index contributed by atoms with van der Waals surface area (Å²) in [6.07, 6.45) is 3.34. The minimum atomic E-state index is -0.0346. The molecule has 2 N–H and O–H groups in total. The van der Waals surface area contributed by atoms with Crippen LogP contribution in [-0.4, -0.2) is 41.6 Å². The van der Waals surface area contributed by atoms with Gasteiger partial charge in [0, 0.05) is 24.4 Å². The van der Waals surface area contributed by atoms with Crippen LogP contribution < -0.4 is 20.3 Å². The topological polar surface area (TPSA) is 97.5 Å². The Morgan fingerprint density at radius 1 is 1.29 bits per heavy atom. The van der Waals surface area contributed by atoms with Gasteiger partial charge in [0.25, 0.3) is 0 Å². The van der Waals surface area contributed by atoms with Gasteiger partial charge in [-0.2, -0.15) is 4.98 Å². The molecule has 8 nitrogen and oxygen atoms in total. The predicted octanol–water partition coefficient (Wildman–Crippen LogP) is 1.06. The first kappa shape index (κ1) is 16.0. The van der Waals surface area contributed by atoms with Crippen molar-refractivity contribution in [1.29, 1.82) is 0 Å². The smallest absolute Gasteiger partial charge is 0.246 e. The zero-order chi connectivity index (χ0) is 17.4. The van der Waals surface area contributed by atoms with Gasteiger partial charge in [0.05, 0.1) is 32.1 Å². The Morgan fingerprint density at radius 3 is 2.75 bits per heavy atom. The summed E-state index contributed by atoms with van der Waals surface area (Å²) in [5.41, 5.74) is 9.12. The highest BCUT2D eigenvalue weighted by molar-refractivity contribution is 6.01. The number of nitrogens with two attached hydrogens (primary N) is 1. The summed E-state index contributed by atoms with van der Waals surface area (Å²) in [6, 6.07) is 0. The number of carbonyl (C=O) groups excluding carboxylic acids is 1. The molecule has 0 saturated carbocycles. The molecule has 0 bridgehead atoms. The van der Waals surface area contributed by atoms with Gasteiger partial charge in [0.1, 0.15) is 11.4 Å². The number of likely N-dealkylation sites (N-methyl/N-ethyl adjacent to an activating group) is 1. The predicted molar refractivity (Wildman–Crippen MR) is 91.2 cm³/mol. The van der Waals surface area contributed by atoms with Gasteiger partial charge in [-0.1, -0.05) is 0 Å². The van der Waals surface area contributed by atoms with Crippen LogP contribution in [0.3, 0.4) is 0 Å². The maximum Gasteiger partial charge on any atom is 0.246 e. The van der Waals surface area contributed by atoms with Crippen LogP contribution in [0.25, 0.3) is 0 Å². The van der Waals surface area contributed by atoms with E-state index >= 15 is 0 Å². The molecule has 0 saturated heterocycles. The van der Waals surface area contributed by atoms with Crippen LogP contribution in [0.1, 0.15) is 16.8 Å². The number of hydrogen-bond acceptors (Lipinski definition) is 7. The number of amides is 1. The summed E-state index contributed by atoms with van der Waals surface area (Å²) in [7, 11) is 3.35. The lowest BCUT2D eigenvalue weighted by atomic mass is 10.1. The highest BCUT2D eigenvalue weighted by Crippen LogP contribution is 2.32. The van der Waals surface area contributed by atoms with Crippen LogP contribution >= 0.6 is 0 Å². The minimum Gasteiger partial charge on any atom is -0.496 e. The van der Waals surface area contributed by atoms with Gasteiger partial charge in [0.15, 0.2) is 5.82 Å². The van der Waals surface area contributed by atoms with Crippen molar-refractivity contribution in [2.75, 3.05) is 36.2 Å². The molecule has 3 heterocycles. The quantitative estimate of drug-likeness (QED) is 0.899. The number of fused-ring (bicyclic) bond motifs is 1. The Hall–Kier alpha value is -2.90. The van der Waals surface area contributed by atoms with Crippen LogP contribution in [0.15, 0.2) is 12.4 Å². The van der Waals surface area contributed by atoms with Crippen LogP contribution in [-0.2, 0) is 11.3 Å². The number of nitrogens with zero attached hydrogens (tertiary/aromatic N) is 5. The number of methoxy groups -OCH3 is 1. The highest BCUT2D eigenvalue weighted by Gasteiger charge is 2.29. The fourth-order valence-electron chi connectivity index (χ4n) is 2.87. The van der Waals surface area contributed by atoms with Crippen LogP contribution in [0.4, 0.5) is 17.5 Å². The van der Waals surface area contributed by atoms with Gasteiger partial charge in [0.2, 0.25) is 11.9 Å². The Labute approximate surface area is 140 Å². The van der Waals surface area contributed by atoms with E-state index in [1.165, 1.54) is 0 Å². The van der Waals surface area contributed by atoms with E-state index in [-0.39, 0.29) is 18.4 Å². The van der Waals surface area contributed by atoms with Gasteiger partial charge in [-0.3, -0.25) is 9.78 Å². The van der Waals surface area contributed by atoms with E-state index in [0.717, 1.165) is 22.6 Å². The average molecular weight is 328 g/mol. The second kappa shape index (κ2) is 5.95. The molecule has 1 amide bonds. The molecule has 0 fully saturated rings. The lowest BCUT2D eigenvalue weighted by molar-refractivity contribution is -0.117. The standard InChI is InChI=1S/C16H20N6O2/c1-9-5-18-11(10(2)14(9)24-4)7-22-8-13(23)21(3)12-6-19-16(17)20-15(12)22/h5-6H,7-8H2,1-4H3,(H2,17,19,20). The largest absolute Gasteiger partial charge is 0.496 e. The maximum atomic E-state index is 12.3. The fraction of sp³-hybridized carbons (Fsp3) is 0.375. The van der Waals surface area contributed by atoms with Gasteiger partial charge in [-0.05, 0) is 13.8 Å². The first-order valence-electron chi connectivity index (χ1n) is 7.55. The molecular weight excluding hydrogens is 308 g/mol. The zero-order valence-corrected chi connectivity index (χ0v) is 14.2. The van der Waals surface area contributed by atoms with Crippen molar-refractivity contribution in [2.24, 2.45) is 0 Å². The first-order valence-corrected chi connectivity index (χ1v) is 7.55. The molecule has 2 aromatic rings. The number of pyridine rings is 1. The summed E-state index contributed by atoms with van der Waals surface area (Å²) < 4.78 is 5.45. The summed E-state index contributed by atoms with van der Waals surface area (Å²) in [5.74, 6) is 1.58. The van der Waals surface area contributed by atoms with Gasteiger partial charge < -0.3 is 20.3 Å². The van der Waals surface area contributed by atoms with Crippen molar-refractivity contribution in [3.05, 3.63) is 29.2 Å². The van der Waals surface area contributed by atoms with Crippen LogP contribution in [0, 0.1) is 13.8 Å². The third-order valence-corrected chi connectivity index (χ3v) is 4.22. The van der Waals surface area contributed by atoms with Crippen molar-refractivity contribution in [2.45, 2.75) is 20.4 Å². The number of nitrogen functional groups attached to an aromatic ring is 1. The van der Waals surface area contributed by atoms with Gasteiger partial charge in [-0.25, -0.2) is 4.98 Å². The van der Waals surface area contributed by atoms with E-state index in [2.05, 4.69) is 15.0 Å². The number of rotatable bonds is 3. The van der Waals surface area contributed by atoms with Crippen molar-refractivity contribution < 1.29 is 9.53 Å². The maximum absolute atomic E-state index is 12.3. The number of carbonyl (C=O) groups is 1. The Balaban J connectivity index is 2.01. The van der Waals surface area contributed by atoms with E-state index in [9.17, 15) is 4.79 Å². The molecule has 8 heteroatoms. The first-order chi connectivity index (χ1) is 11.4. The van der Waals surface area contributed by atoms with Crippen molar-refractivity contribution in [3.8, 4) is 5.75 Å².